The minimum absolute atomic E-state index is 0.194. The molecule has 6 heteroatoms. The highest BCUT2D eigenvalue weighted by atomic mass is 16.6. The van der Waals surface area contributed by atoms with Gasteiger partial charge in [-0.25, -0.2) is 4.79 Å². The highest BCUT2D eigenvalue weighted by Gasteiger charge is 2.35. The number of amides is 2. The zero-order valence-electron chi connectivity index (χ0n) is 16.5. The predicted molar refractivity (Wildman–Crippen MR) is 115 cm³/mol. The van der Waals surface area contributed by atoms with E-state index in [1.807, 2.05) is 66.7 Å². The summed E-state index contributed by atoms with van der Waals surface area (Å²) in [6, 6.07) is 20.5. The van der Waals surface area contributed by atoms with Crippen LogP contribution in [0.5, 0.6) is 0 Å². The number of hydrogen-bond acceptors (Lipinski definition) is 4. The fourth-order valence-corrected chi connectivity index (χ4v) is 3.58. The van der Waals surface area contributed by atoms with Gasteiger partial charge in [0.15, 0.2) is 0 Å². The lowest BCUT2D eigenvalue weighted by Gasteiger charge is -2.23. The van der Waals surface area contributed by atoms with Crippen LogP contribution in [-0.4, -0.2) is 34.5 Å². The molecule has 2 heterocycles. The van der Waals surface area contributed by atoms with Crippen molar-refractivity contribution in [3.63, 3.8) is 0 Å². The quantitative estimate of drug-likeness (QED) is 0.684. The standard InChI is InChI=1S/C24H23N3O3/c28-23(26-21-10-8-19(9-11-21)20-12-14-25-15-13-20)22-7-4-16-27(22)24(29)30-17-18-5-2-1-3-6-18/h1-3,5-6,8-15,22H,4,7,16-17H2,(H,26,28). The average molecular weight is 401 g/mol. The number of hydrogen-bond donors (Lipinski definition) is 1. The summed E-state index contributed by atoms with van der Waals surface area (Å²) in [5.41, 5.74) is 3.72. The van der Waals surface area contributed by atoms with Crippen molar-refractivity contribution in [2.75, 3.05) is 11.9 Å². The predicted octanol–water partition coefficient (Wildman–Crippen LogP) is 4.49. The fourth-order valence-electron chi connectivity index (χ4n) is 3.58. The molecule has 1 fully saturated rings. The van der Waals surface area contributed by atoms with Crippen molar-refractivity contribution in [3.8, 4) is 11.1 Å². The van der Waals surface area contributed by atoms with Crippen LogP contribution in [0.2, 0.25) is 0 Å². The summed E-state index contributed by atoms with van der Waals surface area (Å²) in [7, 11) is 0. The number of nitrogens with one attached hydrogen (secondary N) is 1. The van der Waals surface area contributed by atoms with Crippen molar-refractivity contribution in [1.29, 1.82) is 0 Å². The zero-order valence-corrected chi connectivity index (χ0v) is 16.5. The number of benzene rings is 2. The lowest BCUT2D eigenvalue weighted by molar-refractivity contribution is -0.120. The summed E-state index contributed by atoms with van der Waals surface area (Å²) >= 11 is 0. The third-order valence-electron chi connectivity index (χ3n) is 5.16. The number of pyridine rings is 1. The minimum Gasteiger partial charge on any atom is -0.445 e. The van der Waals surface area contributed by atoms with E-state index in [4.69, 9.17) is 4.74 Å². The Kier molecular flexibility index (Phi) is 6.03. The number of likely N-dealkylation sites (tertiary alicyclic amines) is 1. The highest BCUT2D eigenvalue weighted by molar-refractivity contribution is 5.97. The Balaban J connectivity index is 1.35. The van der Waals surface area contributed by atoms with Crippen LogP contribution in [0.3, 0.4) is 0 Å². The highest BCUT2D eigenvalue weighted by Crippen LogP contribution is 2.23. The fraction of sp³-hybridized carbons (Fsp3) is 0.208. The van der Waals surface area contributed by atoms with Gasteiger partial charge < -0.3 is 10.1 Å². The zero-order chi connectivity index (χ0) is 20.8. The van der Waals surface area contributed by atoms with Crippen molar-refractivity contribution >= 4 is 17.7 Å². The molecule has 0 saturated carbocycles. The SMILES string of the molecule is O=C(Nc1ccc(-c2ccncc2)cc1)C1CCCN1C(=O)OCc1ccccc1. The van der Waals surface area contributed by atoms with Gasteiger partial charge in [-0.3, -0.25) is 14.7 Å². The Morgan fingerprint density at radius 3 is 2.40 bits per heavy atom. The Morgan fingerprint density at radius 1 is 0.967 bits per heavy atom. The second-order valence-electron chi connectivity index (χ2n) is 7.19. The van der Waals surface area contributed by atoms with E-state index in [1.54, 1.807) is 12.4 Å². The van der Waals surface area contributed by atoms with Gasteiger partial charge in [0.1, 0.15) is 12.6 Å². The van der Waals surface area contributed by atoms with Crippen molar-refractivity contribution in [2.24, 2.45) is 0 Å². The number of rotatable bonds is 5. The van der Waals surface area contributed by atoms with Crippen LogP contribution in [0.25, 0.3) is 11.1 Å². The Hall–Kier alpha value is -3.67. The molecule has 30 heavy (non-hydrogen) atoms. The van der Waals surface area contributed by atoms with Gasteiger partial charge in [-0.05, 0) is 53.8 Å². The topological polar surface area (TPSA) is 71.5 Å². The van der Waals surface area contributed by atoms with E-state index in [-0.39, 0.29) is 12.5 Å². The van der Waals surface area contributed by atoms with E-state index in [2.05, 4.69) is 10.3 Å². The normalized spacial score (nSPS) is 15.6. The van der Waals surface area contributed by atoms with Crippen LogP contribution in [-0.2, 0) is 16.1 Å². The second-order valence-corrected chi connectivity index (χ2v) is 7.19. The summed E-state index contributed by atoms with van der Waals surface area (Å²) in [5.74, 6) is -0.194. The molecule has 2 amide bonds. The van der Waals surface area contributed by atoms with Crippen LogP contribution >= 0.6 is 0 Å². The largest absolute Gasteiger partial charge is 0.445 e. The molecular weight excluding hydrogens is 378 g/mol. The number of carbonyl (C=O) groups is 2. The van der Waals surface area contributed by atoms with Gasteiger partial charge in [-0.1, -0.05) is 42.5 Å². The van der Waals surface area contributed by atoms with Gasteiger partial charge in [0.25, 0.3) is 0 Å². The van der Waals surface area contributed by atoms with E-state index in [0.717, 1.165) is 23.1 Å². The summed E-state index contributed by atoms with van der Waals surface area (Å²) in [6.45, 7) is 0.716. The van der Waals surface area contributed by atoms with E-state index in [9.17, 15) is 9.59 Å². The molecule has 2 aromatic carbocycles. The molecule has 1 atom stereocenters. The molecule has 0 bridgehead atoms. The van der Waals surface area contributed by atoms with Gasteiger partial charge in [0, 0.05) is 24.6 Å². The first kappa shape index (κ1) is 19.6. The van der Waals surface area contributed by atoms with Crippen molar-refractivity contribution < 1.29 is 14.3 Å². The first-order valence-corrected chi connectivity index (χ1v) is 9.99. The molecule has 1 N–H and O–H groups in total. The third kappa shape index (κ3) is 4.66. The van der Waals surface area contributed by atoms with Gasteiger partial charge in [0.2, 0.25) is 5.91 Å². The van der Waals surface area contributed by atoms with E-state index in [1.165, 1.54) is 4.90 Å². The van der Waals surface area contributed by atoms with E-state index >= 15 is 0 Å². The number of aromatic nitrogens is 1. The van der Waals surface area contributed by atoms with Crippen LogP contribution in [0.15, 0.2) is 79.1 Å². The molecule has 6 nitrogen and oxygen atoms in total. The third-order valence-corrected chi connectivity index (χ3v) is 5.16. The number of anilines is 1. The summed E-state index contributed by atoms with van der Waals surface area (Å²) < 4.78 is 5.41. The summed E-state index contributed by atoms with van der Waals surface area (Å²) in [4.78, 5) is 30.8. The van der Waals surface area contributed by atoms with Gasteiger partial charge in [-0.15, -0.1) is 0 Å². The molecule has 1 aromatic heterocycles. The van der Waals surface area contributed by atoms with Crippen molar-refractivity contribution in [3.05, 3.63) is 84.7 Å². The molecular formula is C24H23N3O3. The summed E-state index contributed by atoms with van der Waals surface area (Å²) in [5, 5.41) is 2.92. The molecule has 1 aliphatic heterocycles. The van der Waals surface area contributed by atoms with Crippen LogP contribution in [0.4, 0.5) is 10.5 Å². The maximum Gasteiger partial charge on any atom is 0.410 e. The summed E-state index contributed by atoms with van der Waals surface area (Å²) in [6.07, 6.45) is 4.44. The van der Waals surface area contributed by atoms with Gasteiger partial charge >= 0.3 is 6.09 Å². The Labute approximate surface area is 175 Å². The first-order chi connectivity index (χ1) is 14.7. The number of ether oxygens (including phenoxy) is 1. The molecule has 1 unspecified atom stereocenters. The van der Waals surface area contributed by atoms with Gasteiger partial charge in [0.05, 0.1) is 0 Å². The first-order valence-electron chi connectivity index (χ1n) is 9.99. The van der Waals surface area contributed by atoms with Crippen LogP contribution in [0.1, 0.15) is 18.4 Å². The van der Waals surface area contributed by atoms with Gasteiger partial charge in [-0.2, -0.15) is 0 Å². The molecule has 1 aliphatic rings. The van der Waals surface area contributed by atoms with Crippen LogP contribution < -0.4 is 5.32 Å². The van der Waals surface area contributed by atoms with E-state index < -0.39 is 12.1 Å². The maximum absolute atomic E-state index is 12.8. The van der Waals surface area contributed by atoms with E-state index in [0.29, 0.717) is 18.7 Å². The number of nitrogens with zero attached hydrogens (tertiary/aromatic N) is 2. The molecule has 0 spiro atoms. The van der Waals surface area contributed by atoms with Crippen molar-refractivity contribution in [1.82, 2.24) is 9.88 Å². The monoisotopic (exact) mass is 401 g/mol. The lowest BCUT2D eigenvalue weighted by atomic mass is 10.1. The molecule has 4 rings (SSSR count). The molecule has 1 saturated heterocycles. The minimum atomic E-state index is -0.520. The molecule has 0 aliphatic carbocycles. The molecule has 3 aromatic rings. The average Bonchev–Trinajstić information content (AvgIpc) is 3.30. The lowest BCUT2D eigenvalue weighted by Crippen LogP contribution is -2.43. The maximum atomic E-state index is 12.8. The smallest absolute Gasteiger partial charge is 0.410 e. The molecule has 0 radical (unpaired) electrons. The van der Waals surface area contributed by atoms with Crippen LogP contribution in [0, 0.1) is 0 Å². The second kappa shape index (κ2) is 9.22. The van der Waals surface area contributed by atoms with Crippen molar-refractivity contribution in [2.45, 2.75) is 25.5 Å². The Bertz CT molecular complexity index is 991. The number of carbonyl (C=O) groups excluding carboxylic acids is 2. The Morgan fingerprint density at radius 2 is 1.67 bits per heavy atom. The molecule has 152 valence electrons.